The van der Waals surface area contributed by atoms with Crippen LogP contribution >= 0.6 is 0 Å². The van der Waals surface area contributed by atoms with Crippen LogP contribution in [0.15, 0.2) is 36.4 Å². The lowest BCUT2D eigenvalue weighted by Gasteiger charge is -2.32. The summed E-state index contributed by atoms with van der Waals surface area (Å²) in [4.78, 5) is 0. The van der Waals surface area contributed by atoms with E-state index in [1.807, 2.05) is 12.1 Å². The van der Waals surface area contributed by atoms with Crippen molar-refractivity contribution in [2.75, 3.05) is 0 Å². The molecular weight excluding hydrogens is 320 g/mol. The zero-order valence-electron chi connectivity index (χ0n) is 17.4. The molecule has 26 heavy (non-hydrogen) atoms. The Kier molecular flexibility index (Phi) is 5.75. The van der Waals surface area contributed by atoms with E-state index in [2.05, 4.69) is 60.6 Å². The van der Waals surface area contributed by atoms with Crippen LogP contribution < -0.4 is 0 Å². The monoisotopic (exact) mass is 354 g/mol. The van der Waals surface area contributed by atoms with Gasteiger partial charge in [0.05, 0.1) is 0 Å². The highest BCUT2D eigenvalue weighted by molar-refractivity contribution is 5.55. The van der Waals surface area contributed by atoms with Gasteiger partial charge in [0.2, 0.25) is 0 Å². The van der Waals surface area contributed by atoms with E-state index < -0.39 is 0 Å². The topological polar surface area (TPSA) is 40.5 Å². The van der Waals surface area contributed by atoms with E-state index in [0.717, 1.165) is 35.1 Å². The summed E-state index contributed by atoms with van der Waals surface area (Å²) < 4.78 is 0. The van der Waals surface area contributed by atoms with E-state index in [1.165, 1.54) is 0 Å². The van der Waals surface area contributed by atoms with Crippen LogP contribution in [0, 0.1) is 0 Å². The van der Waals surface area contributed by atoms with Gasteiger partial charge in [0.1, 0.15) is 11.5 Å². The molecule has 2 heteroatoms. The zero-order chi connectivity index (χ0) is 19.7. The lowest BCUT2D eigenvalue weighted by Crippen LogP contribution is -2.20. The third-order valence-corrected chi connectivity index (χ3v) is 5.06. The average Bonchev–Trinajstić information content (AvgIpc) is 2.51. The largest absolute Gasteiger partial charge is 0.508 e. The minimum Gasteiger partial charge on any atom is -0.508 e. The summed E-state index contributed by atoms with van der Waals surface area (Å²) in [6, 6.07) is 11.6. The van der Waals surface area contributed by atoms with Crippen molar-refractivity contribution in [3.63, 3.8) is 0 Å². The van der Waals surface area contributed by atoms with Crippen molar-refractivity contribution in [3.05, 3.63) is 58.7 Å². The first kappa shape index (κ1) is 20.4. The molecule has 0 aliphatic carbocycles. The standard InChI is InChI=1S/C24H34O2/c1-8-11-16(21-17(23(2,3)4)12-9-14-19(21)25)22-18(24(5,6)7)13-10-15-20(22)26/h9-10,12-16,25-26H,8,11H2,1-7H3. The van der Waals surface area contributed by atoms with Crippen LogP contribution in [0.1, 0.15) is 89.5 Å². The van der Waals surface area contributed by atoms with Crippen molar-refractivity contribution >= 4 is 0 Å². The van der Waals surface area contributed by atoms with Crippen LogP contribution in [0.2, 0.25) is 0 Å². The van der Waals surface area contributed by atoms with Gasteiger partial charge < -0.3 is 10.2 Å². The molecule has 0 bridgehead atoms. The molecular formula is C24H34O2. The Labute approximate surface area is 158 Å². The average molecular weight is 355 g/mol. The van der Waals surface area contributed by atoms with Gasteiger partial charge in [-0.3, -0.25) is 0 Å². The highest BCUT2D eigenvalue weighted by Crippen LogP contribution is 2.46. The van der Waals surface area contributed by atoms with Crippen molar-refractivity contribution in [2.24, 2.45) is 0 Å². The molecule has 0 spiro atoms. The molecule has 0 aliphatic heterocycles. The molecule has 2 aromatic rings. The van der Waals surface area contributed by atoms with E-state index in [9.17, 15) is 10.2 Å². The lowest BCUT2D eigenvalue weighted by molar-refractivity contribution is 0.439. The summed E-state index contributed by atoms with van der Waals surface area (Å²) in [6.45, 7) is 15.2. The molecule has 0 amide bonds. The highest BCUT2D eigenvalue weighted by atomic mass is 16.3. The van der Waals surface area contributed by atoms with Gasteiger partial charge in [-0.15, -0.1) is 0 Å². The predicted octanol–water partition coefficient (Wildman–Crippen LogP) is 6.62. The summed E-state index contributed by atoms with van der Waals surface area (Å²) in [5, 5.41) is 21.6. The Hall–Kier alpha value is -1.96. The van der Waals surface area contributed by atoms with Gasteiger partial charge >= 0.3 is 0 Å². The predicted molar refractivity (Wildman–Crippen MR) is 110 cm³/mol. The van der Waals surface area contributed by atoms with Crippen molar-refractivity contribution < 1.29 is 10.2 Å². The summed E-state index contributed by atoms with van der Waals surface area (Å²) >= 11 is 0. The maximum absolute atomic E-state index is 10.8. The van der Waals surface area contributed by atoms with Gasteiger partial charge in [-0.1, -0.05) is 79.2 Å². The van der Waals surface area contributed by atoms with E-state index in [-0.39, 0.29) is 16.7 Å². The third kappa shape index (κ3) is 4.06. The summed E-state index contributed by atoms with van der Waals surface area (Å²) in [6.07, 6.45) is 1.85. The fraction of sp³-hybridized carbons (Fsp3) is 0.500. The van der Waals surface area contributed by atoms with Crippen LogP contribution in [-0.2, 0) is 10.8 Å². The van der Waals surface area contributed by atoms with Crippen LogP contribution in [-0.4, -0.2) is 10.2 Å². The molecule has 2 rings (SSSR count). The lowest BCUT2D eigenvalue weighted by atomic mass is 9.72. The third-order valence-electron chi connectivity index (χ3n) is 5.06. The van der Waals surface area contributed by atoms with Gasteiger partial charge in [0, 0.05) is 17.0 Å². The molecule has 2 N–H and O–H groups in total. The fourth-order valence-electron chi connectivity index (χ4n) is 3.87. The van der Waals surface area contributed by atoms with Crippen LogP contribution in [0.25, 0.3) is 0 Å². The SMILES string of the molecule is CCCC(c1c(O)cccc1C(C)(C)C)c1c(O)cccc1C(C)(C)C. The van der Waals surface area contributed by atoms with Crippen LogP contribution in [0.5, 0.6) is 11.5 Å². The molecule has 142 valence electrons. The Morgan fingerprint density at radius 1 is 0.731 bits per heavy atom. The van der Waals surface area contributed by atoms with E-state index >= 15 is 0 Å². The molecule has 0 saturated carbocycles. The maximum Gasteiger partial charge on any atom is 0.119 e. The van der Waals surface area contributed by atoms with Gasteiger partial charge in [0.25, 0.3) is 0 Å². The maximum atomic E-state index is 10.8. The number of phenols is 2. The summed E-state index contributed by atoms with van der Waals surface area (Å²) in [5.41, 5.74) is 4.00. The van der Waals surface area contributed by atoms with Crippen molar-refractivity contribution in [1.82, 2.24) is 0 Å². The molecule has 0 unspecified atom stereocenters. The van der Waals surface area contributed by atoms with E-state index in [1.54, 1.807) is 12.1 Å². The zero-order valence-corrected chi connectivity index (χ0v) is 17.4. The Morgan fingerprint density at radius 2 is 1.12 bits per heavy atom. The number of benzene rings is 2. The Bertz CT molecular complexity index is 697. The molecule has 2 nitrogen and oxygen atoms in total. The second-order valence-corrected chi connectivity index (χ2v) is 9.32. The van der Waals surface area contributed by atoms with Gasteiger partial charge in [0.15, 0.2) is 0 Å². The second kappa shape index (κ2) is 7.34. The second-order valence-electron chi connectivity index (χ2n) is 9.32. The first-order valence-corrected chi connectivity index (χ1v) is 9.63. The van der Waals surface area contributed by atoms with E-state index in [0.29, 0.717) is 11.5 Å². The highest BCUT2D eigenvalue weighted by Gasteiger charge is 2.31. The van der Waals surface area contributed by atoms with E-state index in [4.69, 9.17) is 0 Å². The molecule has 0 fully saturated rings. The fourth-order valence-corrected chi connectivity index (χ4v) is 3.87. The molecule has 2 aromatic carbocycles. The van der Waals surface area contributed by atoms with Crippen LogP contribution in [0.4, 0.5) is 0 Å². The van der Waals surface area contributed by atoms with Crippen molar-refractivity contribution in [2.45, 2.75) is 78.1 Å². The number of hydrogen-bond donors (Lipinski definition) is 2. The number of phenolic OH excluding ortho intramolecular Hbond substituents is 2. The minimum absolute atomic E-state index is 0.0363. The number of hydrogen-bond acceptors (Lipinski definition) is 2. The Balaban J connectivity index is 2.83. The van der Waals surface area contributed by atoms with Crippen molar-refractivity contribution in [3.8, 4) is 11.5 Å². The van der Waals surface area contributed by atoms with Gasteiger partial charge in [-0.25, -0.2) is 0 Å². The van der Waals surface area contributed by atoms with Gasteiger partial charge in [-0.05, 0) is 40.5 Å². The molecule has 0 heterocycles. The smallest absolute Gasteiger partial charge is 0.119 e. The first-order valence-electron chi connectivity index (χ1n) is 9.63. The molecule has 0 aromatic heterocycles. The quantitative estimate of drug-likeness (QED) is 0.647. The number of rotatable bonds is 4. The normalized spacial score (nSPS) is 12.6. The summed E-state index contributed by atoms with van der Waals surface area (Å²) in [5.74, 6) is 0.601. The minimum atomic E-state index is -0.0909. The van der Waals surface area contributed by atoms with Gasteiger partial charge in [-0.2, -0.15) is 0 Å². The summed E-state index contributed by atoms with van der Waals surface area (Å²) in [7, 11) is 0. The number of aromatic hydroxyl groups is 2. The molecule has 0 radical (unpaired) electrons. The van der Waals surface area contributed by atoms with Crippen LogP contribution in [0.3, 0.4) is 0 Å². The van der Waals surface area contributed by atoms with Crippen molar-refractivity contribution in [1.29, 1.82) is 0 Å². The first-order chi connectivity index (χ1) is 12.0. The Morgan fingerprint density at radius 3 is 1.42 bits per heavy atom. The molecule has 0 saturated heterocycles. The molecule has 0 aliphatic rings. The molecule has 0 atom stereocenters.